The summed E-state index contributed by atoms with van der Waals surface area (Å²) in [6, 6.07) is 8.61. The van der Waals surface area contributed by atoms with Crippen LogP contribution in [0.3, 0.4) is 0 Å². The van der Waals surface area contributed by atoms with Crippen LogP contribution in [0.15, 0.2) is 35.3 Å². The van der Waals surface area contributed by atoms with Crippen LogP contribution >= 0.6 is 34.5 Å². The van der Waals surface area contributed by atoms with Gasteiger partial charge in [-0.2, -0.15) is 4.99 Å². The van der Waals surface area contributed by atoms with Crippen LogP contribution in [-0.2, 0) is 16.1 Å². The third kappa shape index (κ3) is 4.46. The van der Waals surface area contributed by atoms with Gasteiger partial charge in [0, 0.05) is 15.6 Å². The maximum absolute atomic E-state index is 12.7. The highest BCUT2D eigenvalue weighted by Crippen LogP contribution is 2.24. The topological polar surface area (TPSA) is 60.7 Å². The Kier molecular flexibility index (Phi) is 6.23. The van der Waals surface area contributed by atoms with E-state index in [-0.39, 0.29) is 24.7 Å². The molecule has 0 radical (unpaired) electrons. The van der Waals surface area contributed by atoms with E-state index in [1.807, 2.05) is 26.0 Å². The van der Waals surface area contributed by atoms with E-state index in [1.54, 1.807) is 17.6 Å². The highest BCUT2D eigenvalue weighted by molar-refractivity contribution is 7.16. The molecule has 0 aliphatic rings. The predicted octanol–water partition coefficient (Wildman–Crippen LogP) is 4.93. The number of benzene rings is 2. The van der Waals surface area contributed by atoms with Gasteiger partial charge in [-0.15, -0.1) is 0 Å². The van der Waals surface area contributed by atoms with Gasteiger partial charge in [0.25, 0.3) is 5.91 Å². The molecule has 0 aliphatic carbocycles. The first kappa shape index (κ1) is 20.6. The zero-order valence-corrected chi connectivity index (χ0v) is 17.9. The van der Waals surface area contributed by atoms with E-state index in [9.17, 15) is 9.59 Å². The lowest BCUT2D eigenvalue weighted by Crippen LogP contribution is -2.23. The number of hydrogen-bond acceptors (Lipinski definition) is 4. The summed E-state index contributed by atoms with van der Waals surface area (Å²) in [4.78, 5) is 29.5. The second-order valence-corrected chi connectivity index (χ2v) is 8.16. The Labute approximate surface area is 176 Å². The Morgan fingerprint density at radius 2 is 1.79 bits per heavy atom. The zero-order valence-electron chi connectivity index (χ0n) is 15.6. The highest BCUT2D eigenvalue weighted by atomic mass is 35.5. The van der Waals surface area contributed by atoms with Crippen LogP contribution in [0.25, 0.3) is 10.2 Å². The normalized spacial score (nSPS) is 11.8. The molecule has 0 unspecified atom stereocenters. The maximum Gasteiger partial charge on any atom is 0.326 e. The SMILES string of the molecule is CCOC(=O)Cn1c(=NC(=O)c2cc(Cl)cc(Cl)c2)sc2cc(C)cc(C)c21. The van der Waals surface area contributed by atoms with Crippen molar-refractivity contribution in [1.82, 2.24) is 4.57 Å². The van der Waals surface area contributed by atoms with Crippen molar-refractivity contribution in [3.8, 4) is 0 Å². The number of carbonyl (C=O) groups excluding carboxylic acids is 2. The summed E-state index contributed by atoms with van der Waals surface area (Å²) in [7, 11) is 0. The Morgan fingerprint density at radius 3 is 2.43 bits per heavy atom. The molecule has 0 saturated heterocycles. The summed E-state index contributed by atoms with van der Waals surface area (Å²) in [6.45, 7) is 5.97. The summed E-state index contributed by atoms with van der Waals surface area (Å²) in [5, 5.41) is 0.710. The third-order valence-corrected chi connectivity index (χ3v) is 5.47. The number of halogens is 2. The second-order valence-electron chi connectivity index (χ2n) is 6.28. The van der Waals surface area contributed by atoms with Crippen molar-refractivity contribution >= 4 is 56.6 Å². The molecule has 0 N–H and O–H groups in total. The molecule has 0 spiro atoms. The van der Waals surface area contributed by atoms with Gasteiger partial charge in [-0.25, -0.2) is 0 Å². The molecule has 0 aliphatic heterocycles. The van der Waals surface area contributed by atoms with Crippen molar-refractivity contribution < 1.29 is 14.3 Å². The smallest absolute Gasteiger partial charge is 0.326 e. The van der Waals surface area contributed by atoms with Crippen molar-refractivity contribution in [1.29, 1.82) is 0 Å². The van der Waals surface area contributed by atoms with Crippen molar-refractivity contribution in [2.45, 2.75) is 27.3 Å². The van der Waals surface area contributed by atoms with E-state index in [1.165, 1.54) is 23.5 Å². The highest BCUT2D eigenvalue weighted by Gasteiger charge is 2.15. The van der Waals surface area contributed by atoms with Gasteiger partial charge in [-0.05, 0) is 56.2 Å². The zero-order chi connectivity index (χ0) is 20.4. The molecule has 1 heterocycles. The average Bonchev–Trinajstić information content (AvgIpc) is 2.91. The molecule has 0 atom stereocenters. The fourth-order valence-corrected chi connectivity index (χ4v) is 4.72. The minimum Gasteiger partial charge on any atom is -0.465 e. The monoisotopic (exact) mass is 436 g/mol. The average molecular weight is 437 g/mol. The molecule has 0 fully saturated rings. The molecule has 1 aromatic heterocycles. The van der Waals surface area contributed by atoms with Gasteiger partial charge in [-0.1, -0.05) is 40.6 Å². The van der Waals surface area contributed by atoms with Crippen molar-refractivity contribution in [2.24, 2.45) is 4.99 Å². The van der Waals surface area contributed by atoms with Gasteiger partial charge in [0.05, 0.1) is 16.8 Å². The molecule has 3 rings (SSSR count). The number of ether oxygens (including phenoxy) is 1. The van der Waals surface area contributed by atoms with E-state index in [4.69, 9.17) is 27.9 Å². The molecular formula is C20H18Cl2N2O3S. The lowest BCUT2D eigenvalue weighted by molar-refractivity contribution is -0.143. The van der Waals surface area contributed by atoms with E-state index in [2.05, 4.69) is 4.99 Å². The summed E-state index contributed by atoms with van der Waals surface area (Å²) < 4.78 is 7.75. The minimum atomic E-state index is -0.483. The molecule has 3 aromatic rings. The first-order chi connectivity index (χ1) is 13.3. The molecule has 0 saturated carbocycles. The van der Waals surface area contributed by atoms with Crippen LogP contribution < -0.4 is 4.80 Å². The van der Waals surface area contributed by atoms with Gasteiger partial charge in [0.15, 0.2) is 4.80 Å². The minimum absolute atomic E-state index is 0.0276. The summed E-state index contributed by atoms with van der Waals surface area (Å²) >= 11 is 13.3. The molecule has 28 heavy (non-hydrogen) atoms. The maximum atomic E-state index is 12.7. The molecule has 2 aromatic carbocycles. The Balaban J connectivity index is 2.18. The number of fused-ring (bicyclic) bond motifs is 1. The number of hydrogen-bond donors (Lipinski definition) is 0. The van der Waals surface area contributed by atoms with Gasteiger partial charge in [0.2, 0.25) is 0 Å². The van der Waals surface area contributed by atoms with Crippen LogP contribution in [0.1, 0.15) is 28.4 Å². The molecule has 146 valence electrons. The van der Waals surface area contributed by atoms with E-state index < -0.39 is 5.91 Å². The predicted molar refractivity (Wildman–Crippen MR) is 112 cm³/mol. The largest absolute Gasteiger partial charge is 0.465 e. The summed E-state index contributed by atoms with van der Waals surface area (Å²) in [5.41, 5.74) is 3.23. The summed E-state index contributed by atoms with van der Waals surface area (Å²) in [6.07, 6.45) is 0. The van der Waals surface area contributed by atoms with Gasteiger partial charge in [-0.3, -0.25) is 9.59 Å². The first-order valence-corrected chi connectivity index (χ1v) is 10.2. The summed E-state index contributed by atoms with van der Waals surface area (Å²) in [5.74, 6) is -0.871. The van der Waals surface area contributed by atoms with Crippen LogP contribution in [0.2, 0.25) is 10.0 Å². The first-order valence-electron chi connectivity index (χ1n) is 8.60. The number of aryl methyl sites for hydroxylation is 2. The van der Waals surface area contributed by atoms with Crippen LogP contribution in [-0.4, -0.2) is 23.1 Å². The number of nitrogens with zero attached hydrogens (tertiary/aromatic N) is 2. The number of carbonyl (C=O) groups is 2. The third-order valence-electron chi connectivity index (χ3n) is 4.01. The molecule has 8 heteroatoms. The Morgan fingerprint density at radius 1 is 1.11 bits per heavy atom. The van der Waals surface area contributed by atoms with Crippen LogP contribution in [0.4, 0.5) is 0 Å². The van der Waals surface area contributed by atoms with Crippen molar-refractivity contribution in [3.05, 3.63) is 61.9 Å². The van der Waals surface area contributed by atoms with Crippen molar-refractivity contribution in [2.75, 3.05) is 6.61 Å². The molecule has 0 bridgehead atoms. The second kappa shape index (κ2) is 8.47. The number of rotatable bonds is 4. The fraction of sp³-hybridized carbons (Fsp3) is 0.250. The molecular weight excluding hydrogens is 419 g/mol. The molecule has 5 nitrogen and oxygen atoms in total. The molecule has 1 amide bonds. The Bertz CT molecular complexity index is 1130. The van der Waals surface area contributed by atoms with E-state index in [0.29, 0.717) is 14.8 Å². The standard InChI is InChI=1S/C20H18Cl2N2O3S/c1-4-27-17(25)10-24-18-12(3)5-11(2)6-16(18)28-20(24)23-19(26)13-7-14(21)9-15(22)8-13/h5-9H,4,10H2,1-3H3. The quantitative estimate of drug-likeness (QED) is 0.544. The lowest BCUT2D eigenvalue weighted by atomic mass is 10.1. The van der Waals surface area contributed by atoms with Gasteiger partial charge < -0.3 is 9.30 Å². The van der Waals surface area contributed by atoms with Gasteiger partial charge >= 0.3 is 5.97 Å². The Hall–Kier alpha value is -2.15. The number of amides is 1. The number of aromatic nitrogens is 1. The number of esters is 1. The van der Waals surface area contributed by atoms with Crippen LogP contribution in [0.5, 0.6) is 0 Å². The van der Waals surface area contributed by atoms with E-state index in [0.717, 1.165) is 21.3 Å². The van der Waals surface area contributed by atoms with Crippen molar-refractivity contribution in [3.63, 3.8) is 0 Å². The van der Waals surface area contributed by atoms with E-state index >= 15 is 0 Å². The lowest BCUT2D eigenvalue weighted by Gasteiger charge is -2.07. The van der Waals surface area contributed by atoms with Gasteiger partial charge in [0.1, 0.15) is 6.54 Å². The number of thiazole rings is 1. The van der Waals surface area contributed by atoms with Crippen LogP contribution in [0, 0.1) is 13.8 Å². The fourth-order valence-electron chi connectivity index (χ4n) is 2.99.